The Morgan fingerprint density at radius 3 is 2.29 bits per heavy atom. The minimum atomic E-state index is -0.623. The van der Waals surface area contributed by atoms with Crippen LogP contribution in [0.1, 0.15) is 26.3 Å². The van der Waals surface area contributed by atoms with E-state index in [1.165, 1.54) is 0 Å². The van der Waals surface area contributed by atoms with Crippen LogP contribution in [0, 0.1) is 0 Å². The third kappa shape index (κ3) is 6.29. The third-order valence-electron chi connectivity index (χ3n) is 1.92. The number of carbonyl (C=O) groups is 1. The van der Waals surface area contributed by atoms with Gasteiger partial charge in [-0.25, -0.2) is 0 Å². The normalized spacial score (nSPS) is 12.5. The summed E-state index contributed by atoms with van der Waals surface area (Å²) >= 11 is 6.00. The Labute approximate surface area is 108 Å². The monoisotopic (exact) mass is 257 g/mol. The molecule has 0 aliphatic heterocycles. The molecule has 0 bridgehead atoms. The van der Waals surface area contributed by atoms with Crippen molar-refractivity contribution in [3.05, 3.63) is 35.9 Å². The number of esters is 1. The van der Waals surface area contributed by atoms with Gasteiger partial charge in [0.15, 0.2) is 0 Å². The summed E-state index contributed by atoms with van der Waals surface area (Å²) in [5.74, 6) is -0.363. The van der Waals surface area contributed by atoms with E-state index < -0.39 is 11.0 Å². The summed E-state index contributed by atoms with van der Waals surface area (Å²) in [4.78, 5) is 11.6. The lowest BCUT2D eigenvalue weighted by Gasteiger charge is -2.21. The zero-order valence-electron chi connectivity index (χ0n) is 10.6. The smallest absolute Gasteiger partial charge is 0.324 e. The number of carbonyl (C=O) groups excluding carboxylic acids is 1. The maximum absolute atomic E-state index is 11.6. The molecule has 1 aromatic carbocycles. The van der Waals surface area contributed by atoms with Crippen molar-refractivity contribution >= 4 is 17.6 Å². The van der Waals surface area contributed by atoms with Crippen LogP contribution in [0.2, 0.25) is 0 Å². The lowest BCUT2D eigenvalue weighted by atomic mass is 10.1. The lowest BCUT2D eigenvalue weighted by Crippen LogP contribution is -2.30. The Kier molecular flexibility index (Phi) is 6.21. The fourth-order valence-corrected chi connectivity index (χ4v) is 1.49. The Morgan fingerprint density at radius 2 is 1.82 bits per heavy atom. The van der Waals surface area contributed by atoms with Crippen molar-refractivity contribution in [1.82, 2.24) is 6.15 Å². The zero-order valence-corrected chi connectivity index (χ0v) is 11.3. The van der Waals surface area contributed by atoms with Crippen LogP contribution in [0.15, 0.2) is 30.3 Å². The van der Waals surface area contributed by atoms with E-state index in [9.17, 15) is 4.79 Å². The molecule has 4 heteroatoms. The first-order valence-corrected chi connectivity index (χ1v) is 5.73. The van der Waals surface area contributed by atoms with Gasteiger partial charge in [-0.2, -0.15) is 0 Å². The highest BCUT2D eigenvalue weighted by atomic mass is 35.5. The predicted octanol–water partition coefficient (Wildman–Crippen LogP) is 3.34. The van der Waals surface area contributed by atoms with Crippen molar-refractivity contribution in [2.45, 2.75) is 38.2 Å². The van der Waals surface area contributed by atoms with Gasteiger partial charge in [0.25, 0.3) is 0 Å². The van der Waals surface area contributed by atoms with Gasteiger partial charge in [0.05, 0.1) is 0 Å². The van der Waals surface area contributed by atoms with Crippen LogP contribution in [-0.2, 0) is 16.0 Å². The van der Waals surface area contributed by atoms with E-state index in [-0.39, 0.29) is 12.1 Å². The number of rotatable bonds is 3. The van der Waals surface area contributed by atoms with Crippen molar-refractivity contribution in [3.63, 3.8) is 0 Å². The minimum absolute atomic E-state index is 0. The van der Waals surface area contributed by atoms with Gasteiger partial charge in [-0.15, -0.1) is 11.6 Å². The molecule has 0 saturated carbocycles. The van der Waals surface area contributed by atoms with E-state index in [1.54, 1.807) is 0 Å². The van der Waals surface area contributed by atoms with E-state index in [0.717, 1.165) is 5.56 Å². The van der Waals surface area contributed by atoms with Gasteiger partial charge in [-0.05, 0) is 32.8 Å². The fraction of sp³-hybridized carbons (Fsp3) is 0.462. The summed E-state index contributed by atoms with van der Waals surface area (Å²) in [6, 6.07) is 9.67. The average Bonchev–Trinajstić information content (AvgIpc) is 2.16. The standard InChI is InChI=1S/C13H17ClO2.H3N/c1-13(2,3)16-12(15)11(14)9-10-7-5-4-6-8-10;/h4-8,11H,9H2,1-3H3;1H3. The van der Waals surface area contributed by atoms with Crippen LogP contribution in [0.25, 0.3) is 0 Å². The first-order chi connectivity index (χ1) is 7.38. The molecule has 0 aliphatic rings. The molecule has 1 aromatic rings. The molecule has 0 heterocycles. The second-order valence-corrected chi connectivity index (χ2v) is 5.22. The van der Waals surface area contributed by atoms with Crippen molar-refractivity contribution in [2.75, 3.05) is 0 Å². The molecule has 1 rings (SSSR count). The fourth-order valence-electron chi connectivity index (χ4n) is 1.27. The summed E-state index contributed by atoms with van der Waals surface area (Å²) in [5.41, 5.74) is 0.550. The highest BCUT2D eigenvalue weighted by Gasteiger charge is 2.23. The van der Waals surface area contributed by atoms with E-state index in [2.05, 4.69) is 0 Å². The average molecular weight is 258 g/mol. The molecule has 0 aliphatic carbocycles. The van der Waals surface area contributed by atoms with Gasteiger partial charge >= 0.3 is 5.97 Å². The van der Waals surface area contributed by atoms with Gasteiger partial charge in [-0.1, -0.05) is 30.3 Å². The molecule has 0 aromatic heterocycles. The summed E-state index contributed by atoms with van der Waals surface area (Å²) in [5, 5.41) is -0.623. The van der Waals surface area contributed by atoms with E-state index in [1.807, 2.05) is 51.1 Å². The maximum atomic E-state index is 11.6. The van der Waals surface area contributed by atoms with E-state index in [4.69, 9.17) is 16.3 Å². The van der Waals surface area contributed by atoms with E-state index in [0.29, 0.717) is 6.42 Å². The Bertz CT molecular complexity index is 346. The highest BCUT2D eigenvalue weighted by Crippen LogP contribution is 2.14. The molecule has 0 spiro atoms. The minimum Gasteiger partial charge on any atom is -0.459 e. The van der Waals surface area contributed by atoms with Gasteiger partial charge in [-0.3, -0.25) is 4.79 Å². The second-order valence-electron chi connectivity index (χ2n) is 4.69. The summed E-state index contributed by atoms with van der Waals surface area (Å²) in [6.07, 6.45) is 0.497. The van der Waals surface area contributed by atoms with Gasteiger partial charge in [0.1, 0.15) is 11.0 Å². The Hall–Kier alpha value is -1.06. The number of halogens is 1. The van der Waals surface area contributed by atoms with Crippen molar-refractivity contribution in [1.29, 1.82) is 0 Å². The van der Waals surface area contributed by atoms with Crippen molar-refractivity contribution in [3.8, 4) is 0 Å². The van der Waals surface area contributed by atoms with Crippen LogP contribution in [0.5, 0.6) is 0 Å². The van der Waals surface area contributed by atoms with Crippen LogP contribution in [0.3, 0.4) is 0 Å². The molecule has 0 saturated heterocycles. The quantitative estimate of drug-likeness (QED) is 0.667. The summed E-state index contributed by atoms with van der Waals surface area (Å²) in [7, 11) is 0. The van der Waals surface area contributed by atoms with Gasteiger partial charge in [0.2, 0.25) is 0 Å². The van der Waals surface area contributed by atoms with E-state index >= 15 is 0 Å². The second kappa shape index (κ2) is 6.62. The zero-order chi connectivity index (χ0) is 12.2. The maximum Gasteiger partial charge on any atom is 0.324 e. The SMILES string of the molecule is CC(C)(C)OC(=O)C(Cl)Cc1ccccc1.N. The Morgan fingerprint density at radius 1 is 1.29 bits per heavy atom. The molecule has 0 amide bonds. The molecule has 96 valence electrons. The largest absolute Gasteiger partial charge is 0.459 e. The Balaban J connectivity index is 0.00000256. The molecule has 3 nitrogen and oxygen atoms in total. The molecular formula is C13H20ClNO2. The number of alkyl halides is 1. The van der Waals surface area contributed by atoms with Crippen molar-refractivity contribution in [2.24, 2.45) is 0 Å². The topological polar surface area (TPSA) is 61.3 Å². The lowest BCUT2D eigenvalue weighted by molar-refractivity contribution is -0.154. The number of benzene rings is 1. The first-order valence-electron chi connectivity index (χ1n) is 5.29. The summed E-state index contributed by atoms with van der Waals surface area (Å²) < 4.78 is 5.20. The third-order valence-corrected chi connectivity index (χ3v) is 2.25. The van der Waals surface area contributed by atoms with Crippen LogP contribution in [-0.4, -0.2) is 16.9 Å². The summed E-state index contributed by atoms with van der Waals surface area (Å²) in [6.45, 7) is 5.49. The molecule has 3 N–H and O–H groups in total. The molecule has 17 heavy (non-hydrogen) atoms. The molecule has 0 fully saturated rings. The molecular weight excluding hydrogens is 238 g/mol. The molecule has 1 unspecified atom stereocenters. The number of hydrogen-bond acceptors (Lipinski definition) is 3. The molecule has 0 radical (unpaired) electrons. The number of hydrogen-bond donors (Lipinski definition) is 1. The highest BCUT2D eigenvalue weighted by molar-refractivity contribution is 6.30. The molecule has 1 atom stereocenters. The van der Waals surface area contributed by atoms with Gasteiger partial charge < -0.3 is 10.9 Å². The first kappa shape index (κ1) is 15.9. The van der Waals surface area contributed by atoms with Gasteiger partial charge in [0, 0.05) is 0 Å². The van der Waals surface area contributed by atoms with Crippen LogP contribution >= 0.6 is 11.6 Å². The predicted molar refractivity (Wildman–Crippen MR) is 70.7 cm³/mol. The number of ether oxygens (including phenoxy) is 1. The van der Waals surface area contributed by atoms with Crippen molar-refractivity contribution < 1.29 is 9.53 Å². The van der Waals surface area contributed by atoms with Crippen LogP contribution < -0.4 is 6.15 Å². The van der Waals surface area contributed by atoms with Crippen LogP contribution in [0.4, 0.5) is 0 Å².